The first-order chi connectivity index (χ1) is 14.1. The van der Waals surface area contributed by atoms with Crippen molar-refractivity contribution in [2.24, 2.45) is 5.41 Å². The van der Waals surface area contributed by atoms with E-state index in [1.807, 2.05) is 17.5 Å². The summed E-state index contributed by atoms with van der Waals surface area (Å²) >= 11 is 8.50. The SMILES string of the molecule is O=C1NCCC12CCN(c1c(Cl)cncc1-c1ccc(CN3CCCC3)s1)CC2. The predicted molar refractivity (Wildman–Crippen MR) is 119 cm³/mol. The molecule has 0 saturated carbocycles. The lowest BCUT2D eigenvalue weighted by Gasteiger charge is -2.39. The summed E-state index contributed by atoms with van der Waals surface area (Å²) in [5.74, 6) is 0.239. The molecule has 0 atom stereocenters. The number of amides is 1. The Morgan fingerprint density at radius 1 is 1.10 bits per heavy atom. The summed E-state index contributed by atoms with van der Waals surface area (Å²) in [4.78, 5) is 24.2. The van der Waals surface area contributed by atoms with Crippen LogP contribution in [0.3, 0.4) is 0 Å². The Balaban J connectivity index is 1.38. The number of piperidine rings is 1. The van der Waals surface area contributed by atoms with E-state index in [1.165, 1.54) is 35.7 Å². The number of rotatable bonds is 4. The monoisotopic (exact) mass is 430 g/mol. The van der Waals surface area contributed by atoms with Gasteiger partial charge in [-0.1, -0.05) is 11.6 Å². The van der Waals surface area contributed by atoms with Gasteiger partial charge in [0.15, 0.2) is 0 Å². The molecule has 29 heavy (non-hydrogen) atoms. The van der Waals surface area contributed by atoms with Crippen molar-refractivity contribution >= 4 is 34.5 Å². The van der Waals surface area contributed by atoms with Crippen LogP contribution < -0.4 is 10.2 Å². The van der Waals surface area contributed by atoms with Crippen molar-refractivity contribution < 1.29 is 4.79 Å². The maximum atomic E-state index is 12.3. The zero-order chi connectivity index (χ0) is 19.8. The maximum Gasteiger partial charge on any atom is 0.226 e. The van der Waals surface area contributed by atoms with Gasteiger partial charge in [0, 0.05) is 53.9 Å². The average molecular weight is 431 g/mol. The number of hydrogen-bond acceptors (Lipinski definition) is 5. The van der Waals surface area contributed by atoms with Crippen LogP contribution in [0, 0.1) is 5.41 Å². The van der Waals surface area contributed by atoms with Crippen molar-refractivity contribution in [2.75, 3.05) is 37.6 Å². The summed E-state index contributed by atoms with van der Waals surface area (Å²) in [6.07, 6.45) is 9.06. The Hall–Kier alpha value is -1.63. The molecule has 0 aliphatic carbocycles. The molecule has 154 valence electrons. The van der Waals surface area contributed by atoms with Crippen molar-refractivity contribution in [1.29, 1.82) is 0 Å². The van der Waals surface area contributed by atoms with E-state index >= 15 is 0 Å². The highest BCUT2D eigenvalue weighted by molar-refractivity contribution is 7.15. The topological polar surface area (TPSA) is 48.5 Å². The number of likely N-dealkylation sites (tertiary alicyclic amines) is 1. The van der Waals surface area contributed by atoms with Crippen LogP contribution in [-0.2, 0) is 11.3 Å². The molecule has 3 fully saturated rings. The van der Waals surface area contributed by atoms with Crippen LogP contribution in [0.4, 0.5) is 5.69 Å². The minimum Gasteiger partial charge on any atom is -0.370 e. The fourth-order valence-corrected chi connectivity index (χ4v) is 6.39. The molecule has 1 N–H and O–H groups in total. The lowest BCUT2D eigenvalue weighted by molar-refractivity contribution is -0.128. The fraction of sp³-hybridized carbons (Fsp3) is 0.545. The molecule has 3 aliphatic heterocycles. The standard InChI is InChI=1S/C22H27ClN4OS/c23-18-14-24-13-17(19-4-3-16(29-19)15-26-9-1-2-10-26)20(18)27-11-6-22(7-12-27)5-8-25-21(22)28/h3-4,13-14H,1-2,5-12,15H2,(H,25,28). The van der Waals surface area contributed by atoms with Crippen LogP contribution in [0.1, 0.15) is 37.0 Å². The molecule has 7 heteroatoms. The van der Waals surface area contributed by atoms with E-state index in [2.05, 4.69) is 32.2 Å². The number of thiophene rings is 1. The van der Waals surface area contributed by atoms with Gasteiger partial charge in [0.1, 0.15) is 0 Å². The highest BCUT2D eigenvalue weighted by Gasteiger charge is 2.44. The van der Waals surface area contributed by atoms with E-state index in [4.69, 9.17) is 11.6 Å². The molecule has 5 rings (SSSR count). The van der Waals surface area contributed by atoms with Crippen LogP contribution in [0.5, 0.6) is 0 Å². The van der Waals surface area contributed by atoms with Gasteiger partial charge in [0.05, 0.1) is 16.1 Å². The van der Waals surface area contributed by atoms with E-state index in [1.54, 1.807) is 6.20 Å². The number of carbonyl (C=O) groups excluding carboxylic acids is 1. The van der Waals surface area contributed by atoms with Gasteiger partial charge in [-0.15, -0.1) is 11.3 Å². The second-order valence-electron chi connectivity index (χ2n) is 8.54. The van der Waals surface area contributed by atoms with Crippen molar-refractivity contribution in [1.82, 2.24) is 15.2 Å². The zero-order valence-electron chi connectivity index (χ0n) is 16.6. The Morgan fingerprint density at radius 2 is 1.90 bits per heavy atom. The fourth-order valence-electron chi connectivity index (χ4n) is 5.05. The Morgan fingerprint density at radius 3 is 2.62 bits per heavy atom. The van der Waals surface area contributed by atoms with E-state index in [0.717, 1.165) is 56.7 Å². The third kappa shape index (κ3) is 3.66. The first kappa shape index (κ1) is 19.3. The molecule has 5 nitrogen and oxygen atoms in total. The highest BCUT2D eigenvalue weighted by atomic mass is 35.5. The van der Waals surface area contributed by atoms with E-state index in [0.29, 0.717) is 5.02 Å². The van der Waals surface area contributed by atoms with E-state index < -0.39 is 0 Å². The molecule has 0 aromatic carbocycles. The molecule has 5 heterocycles. The van der Waals surface area contributed by atoms with E-state index in [-0.39, 0.29) is 11.3 Å². The minimum absolute atomic E-state index is 0.165. The number of aromatic nitrogens is 1. The van der Waals surface area contributed by atoms with Crippen LogP contribution >= 0.6 is 22.9 Å². The Labute approximate surface area is 181 Å². The van der Waals surface area contributed by atoms with Gasteiger partial charge in [-0.05, 0) is 57.3 Å². The van der Waals surface area contributed by atoms with Crippen LogP contribution in [0.15, 0.2) is 24.5 Å². The molecule has 0 unspecified atom stereocenters. The molecule has 1 amide bonds. The first-order valence-electron chi connectivity index (χ1n) is 10.6. The Kier molecular flexibility index (Phi) is 5.26. The zero-order valence-corrected chi connectivity index (χ0v) is 18.2. The molecule has 0 radical (unpaired) electrons. The van der Waals surface area contributed by atoms with Crippen molar-refractivity contribution in [2.45, 2.75) is 38.6 Å². The van der Waals surface area contributed by atoms with Crippen LogP contribution in [0.25, 0.3) is 10.4 Å². The number of nitrogens with zero attached hydrogens (tertiary/aromatic N) is 3. The van der Waals surface area contributed by atoms with Gasteiger partial charge in [0.2, 0.25) is 5.91 Å². The summed E-state index contributed by atoms with van der Waals surface area (Å²) in [7, 11) is 0. The number of nitrogens with one attached hydrogen (secondary N) is 1. The third-order valence-electron chi connectivity index (χ3n) is 6.79. The second kappa shape index (κ2) is 7.89. The summed E-state index contributed by atoms with van der Waals surface area (Å²) in [6.45, 7) is 5.98. The number of pyridine rings is 1. The van der Waals surface area contributed by atoms with Crippen molar-refractivity contribution in [3.05, 3.63) is 34.4 Å². The van der Waals surface area contributed by atoms with Gasteiger partial charge in [-0.25, -0.2) is 0 Å². The summed E-state index contributed by atoms with van der Waals surface area (Å²) in [5.41, 5.74) is 2.02. The van der Waals surface area contributed by atoms with Crippen molar-refractivity contribution in [3.8, 4) is 10.4 Å². The molecular formula is C22H27ClN4OS. The Bertz CT molecular complexity index is 900. The van der Waals surface area contributed by atoms with Crippen LogP contribution in [0.2, 0.25) is 5.02 Å². The molecular weight excluding hydrogens is 404 g/mol. The first-order valence-corrected chi connectivity index (χ1v) is 11.8. The predicted octanol–water partition coefficient (Wildman–Crippen LogP) is 4.17. The second-order valence-corrected chi connectivity index (χ2v) is 10.1. The third-order valence-corrected chi connectivity index (χ3v) is 8.17. The smallest absolute Gasteiger partial charge is 0.226 e. The molecule has 1 spiro atoms. The maximum absolute atomic E-state index is 12.3. The van der Waals surface area contributed by atoms with Gasteiger partial charge in [0.25, 0.3) is 0 Å². The van der Waals surface area contributed by atoms with E-state index in [9.17, 15) is 4.79 Å². The average Bonchev–Trinajstić information content (AvgIpc) is 3.47. The molecule has 3 saturated heterocycles. The van der Waals surface area contributed by atoms with Crippen molar-refractivity contribution in [3.63, 3.8) is 0 Å². The molecule has 2 aromatic rings. The van der Waals surface area contributed by atoms with Gasteiger partial charge < -0.3 is 10.2 Å². The number of halogens is 1. The summed E-state index contributed by atoms with van der Waals surface area (Å²) < 4.78 is 0. The lowest BCUT2D eigenvalue weighted by Crippen LogP contribution is -2.44. The quantitative estimate of drug-likeness (QED) is 0.790. The number of hydrogen-bond donors (Lipinski definition) is 1. The highest BCUT2D eigenvalue weighted by Crippen LogP contribution is 2.44. The largest absolute Gasteiger partial charge is 0.370 e. The van der Waals surface area contributed by atoms with Gasteiger partial charge in [-0.2, -0.15) is 0 Å². The lowest BCUT2D eigenvalue weighted by atomic mass is 9.77. The summed E-state index contributed by atoms with van der Waals surface area (Å²) in [5, 5.41) is 3.72. The summed E-state index contributed by atoms with van der Waals surface area (Å²) in [6, 6.07) is 4.46. The van der Waals surface area contributed by atoms with Crippen LogP contribution in [-0.4, -0.2) is 48.5 Å². The normalized spacial score (nSPS) is 21.8. The number of anilines is 1. The molecule has 3 aliphatic rings. The van der Waals surface area contributed by atoms with Gasteiger partial charge in [-0.3, -0.25) is 14.7 Å². The molecule has 0 bridgehead atoms. The molecule has 2 aromatic heterocycles. The van der Waals surface area contributed by atoms with Gasteiger partial charge >= 0.3 is 0 Å². The minimum atomic E-state index is -0.165. The number of carbonyl (C=O) groups is 1.